The van der Waals surface area contributed by atoms with Crippen molar-refractivity contribution in [1.82, 2.24) is 10.3 Å². The second-order valence-corrected chi connectivity index (χ2v) is 3.33. The molecule has 1 aromatic rings. The highest BCUT2D eigenvalue weighted by Gasteiger charge is 2.09. The molecule has 1 rings (SSSR count). The van der Waals surface area contributed by atoms with Gasteiger partial charge in [0.25, 0.3) is 6.43 Å². The summed E-state index contributed by atoms with van der Waals surface area (Å²) in [5.74, 6) is -1.10. The van der Waals surface area contributed by atoms with Crippen LogP contribution in [-0.2, 0) is 6.54 Å². The van der Waals surface area contributed by atoms with Crippen molar-refractivity contribution in [3.63, 3.8) is 0 Å². The summed E-state index contributed by atoms with van der Waals surface area (Å²) in [5.41, 5.74) is 0.466. The van der Waals surface area contributed by atoms with Crippen LogP contribution in [0.2, 0.25) is 0 Å². The zero-order valence-corrected chi connectivity index (χ0v) is 7.85. The Morgan fingerprint density at radius 3 is 2.93 bits per heavy atom. The normalized spacial score (nSPS) is 10.8. The van der Waals surface area contributed by atoms with Crippen LogP contribution in [-0.4, -0.2) is 29.0 Å². The average molecular weight is 222 g/mol. The third kappa shape index (κ3) is 3.35. The molecular formula is C7H8F2N2O2S. The number of rotatable bonds is 5. The lowest BCUT2D eigenvalue weighted by atomic mass is 10.5. The molecule has 0 aliphatic heterocycles. The van der Waals surface area contributed by atoms with E-state index in [1.807, 2.05) is 0 Å². The highest BCUT2D eigenvalue weighted by molar-refractivity contribution is 7.11. The number of nitrogens with one attached hydrogen (secondary N) is 1. The van der Waals surface area contributed by atoms with Gasteiger partial charge in [-0.15, -0.1) is 11.3 Å². The highest BCUT2D eigenvalue weighted by atomic mass is 32.1. The second-order valence-electron chi connectivity index (χ2n) is 2.47. The van der Waals surface area contributed by atoms with E-state index < -0.39 is 18.9 Å². The molecule has 0 saturated heterocycles. The Morgan fingerprint density at radius 2 is 2.43 bits per heavy atom. The summed E-state index contributed by atoms with van der Waals surface area (Å²) < 4.78 is 23.4. The first kappa shape index (κ1) is 11.0. The third-order valence-electron chi connectivity index (χ3n) is 1.34. The molecule has 0 radical (unpaired) electrons. The molecule has 0 aromatic carbocycles. The average Bonchev–Trinajstić information content (AvgIpc) is 2.52. The SMILES string of the molecule is O=C(O)c1nc(CNCC(F)F)cs1. The summed E-state index contributed by atoms with van der Waals surface area (Å²) in [6, 6.07) is 0. The van der Waals surface area contributed by atoms with Crippen molar-refractivity contribution in [3.05, 3.63) is 16.1 Å². The minimum Gasteiger partial charge on any atom is -0.476 e. The van der Waals surface area contributed by atoms with Gasteiger partial charge in [-0.1, -0.05) is 0 Å². The fourth-order valence-electron chi connectivity index (χ4n) is 0.796. The Labute approximate surface area is 82.6 Å². The molecule has 0 aliphatic carbocycles. The second kappa shape index (κ2) is 4.97. The van der Waals surface area contributed by atoms with Crippen molar-refractivity contribution in [3.8, 4) is 0 Å². The van der Waals surface area contributed by atoms with E-state index in [4.69, 9.17) is 5.11 Å². The van der Waals surface area contributed by atoms with Crippen LogP contribution >= 0.6 is 11.3 Å². The lowest BCUT2D eigenvalue weighted by Gasteiger charge is -1.99. The Kier molecular flexibility index (Phi) is 3.90. The van der Waals surface area contributed by atoms with Gasteiger partial charge in [0.1, 0.15) is 0 Å². The van der Waals surface area contributed by atoms with Crippen LogP contribution < -0.4 is 5.32 Å². The van der Waals surface area contributed by atoms with Crippen molar-refractivity contribution >= 4 is 17.3 Å². The van der Waals surface area contributed by atoms with E-state index in [2.05, 4.69) is 10.3 Å². The Morgan fingerprint density at radius 1 is 1.71 bits per heavy atom. The highest BCUT2D eigenvalue weighted by Crippen LogP contribution is 2.09. The number of hydrogen-bond donors (Lipinski definition) is 2. The maximum Gasteiger partial charge on any atom is 0.365 e. The van der Waals surface area contributed by atoms with Gasteiger partial charge in [0.05, 0.1) is 12.2 Å². The summed E-state index contributed by atoms with van der Waals surface area (Å²) in [7, 11) is 0. The van der Waals surface area contributed by atoms with Gasteiger partial charge >= 0.3 is 5.97 Å². The molecule has 2 N–H and O–H groups in total. The molecule has 0 amide bonds. The molecule has 7 heteroatoms. The van der Waals surface area contributed by atoms with Gasteiger partial charge in [0, 0.05) is 11.9 Å². The summed E-state index contributed by atoms with van der Waals surface area (Å²) in [6.45, 7) is -0.256. The number of aromatic nitrogens is 1. The largest absolute Gasteiger partial charge is 0.476 e. The van der Waals surface area contributed by atoms with E-state index in [0.29, 0.717) is 5.69 Å². The van der Waals surface area contributed by atoms with Gasteiger partial charge in [0.2, 0.25) is 5.01 Å². The number of nitrogens with zero attached hydrogens (tertiary/aromatic N) is 1. The van der Waals surface area contributed by atoms with Crippen molar-refractivity contribution in [1.29, 1.82) is 0 Å². The van der Waals surface area contributed by atoms with E-state index in [-0.39, 0.29) is 11.6 Å². The maximum atomic E-state index is 11.7. The van der Waals surface area contributed by atoms with Gasteiger partial charge in [-0.2, -0.15) is 0 Å². The number of halogens is 2. The predicted molar refractivity (Wildman–Crippen MR) is 46.8 cm³/mol. The Bertz CT molecular complexity index is 316. The minimum absolute atomic E-state index is 0.0288. The van der Waals surface area contributed by atoms with Crippen LogP contribution in [0.3, 0.4) is 0 Å². The minimum atomic E-state index is -2.41. The summed E-state index contributed by atoms with van der Waals surface area (Å²) in [6.07, 6.45) is -2.41. The summed E-state index contributed by atoms with van der Waals surface area (Å²) in [5, 5.41) is 12.5. The molecule has 0 bridgehead atoms. The first-order chi connectivity index (χ1) is 6.59. The van der Waals surface area contributed by atoms with Crippen molar-refractivity contribution < 1.29 is 18.7 Å². The molecule has 0 saturated carbocycles. The predicted octanol–water partition coefficient (Wildman–Crippen LogP) is 1.20. The molecular weight excluding hydrogens is 214 g/mol. The number of carbonyl (C=O) groups is 1. The Hall–Kier alpha value is -1.08. The fraction of sp³-hybridized carbons (Fsp3) is 0.429. The maximum absolute atomic E-state index is 11.7. The first-order valence-electron chi connectivity index (χ1n) is 3.76. The molecule has 14 heavy (non-hydrogen) atoms. The summed E-state index contributed by atoms with van der Waals surface area (Å²) >= 11 is 0.978. The van der Waals surface area contributed by atoms with Crippen LogP contribution in [0.5, 0.6) is 0 Å². The molecule has 1 heterocycles. The summed E-state index contributed by atoms with van der Waals surface area (Å²) in [4.78, 5) is 14.1. The van der Waals surface area contributed by atoms with E-state index >= 15 is 0 Å². The van der Waals surface area contributed by atoms with Crippen LogP contribution in [0.1, 0.15) is 15.5 Å². The lowest BCUT2D eigenvalue weighted by Crippen LogP contribution is -2.20. The smallest absolute Gasteiger partial charge is 0.365 e. The number of carboxylic acids is 1. The molecule has 1 aromatic heterocycles. The van der Waals surface area contributed by atoms with E-state index in [1.54, 1.807) is 0 Å². The topological polar surface area (TPSA) is 62.2 Å². The lowest BCUT2D eigenvalue weighted by molar-refractivity contribution is 0.0696. The number of alkyl halides is 2. The van der Waals surface area contributed by atoms with Crippen molar-refractivity contribution in [2.45, 2.75) is 13.0 Å². The molecule has 0 unspecified atom stereocenters. The monoisotopic (exact) mass is 222 g/mol. The van der Waals surface area contributed by atoms with E-state index in [0.717, 1.165) is 11.3 Å². The first-order valence-corrected chi connectivity index (χ1v) is 4.64. The van der Waals surface area contributed by atoms with E-state index in [1.165, 1.54) is 5.38 Å². The van der Waals surface area contributed by atoms with Crippen LogP contribution in [0.15, 0.2) is 5.38 Å². The van der Waals surface area contributed by atoms with Crippen LogP contribution in [0.4, 0.5) is 8.78 Å². The molecule has 4 nitrogen and oxygen atoms in total. The molecule has 0 atom stereocenters. The number of thiazole rings is 1. The molecule has 0 fully saturated rings. The van der Waals surface area contributed by atoms with Gasteiger partial charge in [-0.05, 0) is 0 Å². The number of carboxylic acid groups (broad SMARTS) is 1. The zero-order chi connectivity index (χ0) is 10.6. The van der Waals surface area contributed by atoms with Gasteiger partial charge < -0.3 is 10.4 Å². The van der Waals surface area contributed by atoms with Crippen LogP contribution in [0.25, 0.3) is 0 Å². The van der Waals surface area contributed by atoms with Gasteiger partial charge in [-0.25, -0.2) is 18.6 Å². The molecule has 0 aliphatic rings. The van der Waals surface area contributed by atoms with Gasteiger partial charge in [-0.3, -0.25) is 0 Å². The number of hydrogen-bond acceptors (Lipinski definition) is 4. The van der Waals surface area contributed by atoms with Crippen molar-refractivity contribution in [2.75, 3.05) is 6.54 Å². The number of aromatic carboxylic acids is 1. The standard InChI is InChI=1S/C7H8F2N2O2S/c8-5(9)2-10-1-4-3-14-6(11-4)7(12)13/h3,5,10H,1-2H2,(H,12,13). The van der Waals surface area contributed by atoms with Gasteiger partial charge in [0.15, 0.2) is 0 Å². The zero-order valence-electron chi connectivity index (χ0n) is 7.04. The Balaban J connectivity index is 2.40. The quantitative estimate of drug-likeness (QED) is 0.785. The van der Waals surface area contributed by atoms with Crippen LogP contribution in [0, 0.1) is 0 Å². The fourth-order valence-corrected chi connectivity index (χ4v) is 1.45. The van der Waals surface area contributed by atoms with E-state index in [9.17, 15) is 13.6 Å². The molecule has 0 spiro atoms. The third-order valence-corrected chi connectivity index (χ3v) is 2.22. The molecule has 78 valence electrons. The van der Waals surface area contributed by atoms with Crippen molar-refractivity contribution in [2.24, 2.45) is 0 Å².